The minimum absolute atomic E-state index is 0.0366. The summed E-state index contributed by atoms with van der Waals surface area (Å²) >= 11 is 0. The van der Waals surface area contributed by atoms with Gasteiger partial charge >= 0.3 is 0 Å². The van der Waals surface area contributed by atoms with Gasteiger partial charge in [0.05, 0.1) is 30.0 Å². The average molecular weight is 432 g/mol. The van der Waals surface area contributed by atoms with Crippen LogP contribution in [-0.4, -0.2) is 44.0 Å². The smallest absolute Gasteiger partial charge is 0.255 e. The van der Waals surface area contributed by atoms with E-state index in [4.69, 9.17) is 4.98 Å². The highest BCUT2D eigenvalue weighted by Crippen LogP contribution is 2.45. The first-order chi connectivity index (χ1) is 15.5. The maximum absolute atomic E-state index is 12.8. The fourth-order valence-electron chi connectivity index (χ4n) is 5.34. The van der Waals surface area contributed by atoms with E-state index in [1.165, 1.54) is 18.4 Å². The van der Waals surface area contributed by atoms with Crippen LogP contribution in [0.25, 0.3) is 0 Å². The van der Waals surface area contributed by atoms with E-state index in [0.717, 1.165) is 66.2 Å². The number of hydrogen-bond donors (Lipinski definition) is 2. The Balaban J connectivity index is 1.11. The summed E-state index contributed by atoms with van der Waals surface area (Å²) in [7, 11) is 0. The number of aromatic amines is 1. The van der Waals surface area contributed by atoms with Crippen LogP contribution in [0.3, 0.4) is 0 Å². The van der Waals surface area contributed by atoms with Crippen LogP contribution in [0.4, 0.5) is 5.82 Å². The molecule has 3 aliphatic rings. The molecule has 166 valence electrons. The van der Waals surface area contributed by atoms with Crippen molar-refractivity contribution < 1.29 is 4.79 Å². The Bertz CT molecular complexity index is 1180. The zero-order valence-corrected chi connectivity index (χ0v) is 18.6. The first kappa shape index (κ1) is 19.5. The Morgan fingerprint density at radius 2 is 2.16 bits per heavy atom. The van der Waals surface area contributed by atoms with E-state index in [9.17, 15) is 4.79 Å². The number of nitrogens with zero attached hydrogens (tertiary/aromatic N) is 5. The van der Waals surface area contributed by atoms with Gasteiger partial charge in [0, 0.05) is 30.7 Å². The number of anilines is 1. The van der Waals surface area contributed by atoms with Gasteiger partial charge < -0.3 is 10.2 Å². The second-order valence-corrected chi connectivity index (χ2v) is 9.61. The van der Waals surface area contributed by atoms with Crippen LogP contribution in [0.1, 0.15) is 63.9 Å². The van der Waals surface area contributed by atoms with Crippen LogP contribution in [0, 0.1) is 25.7 Å². The van der Waals surface area contributed by atoms with Crippen molar-refractivity contribution in [1.29, 1.82) is 0 Å². The van der Waals surface area contributed by atoms with Gasteiger partial charge in [-0.15, -0.1) is 0 Å². The summed E-state index contributed by atoms with van der Waals surface area (Å²) in [4.78, 5) is 20.1. The number of carbonyl (C=O) groups is 1. The van der Waals surface area contributed by atoms with Crippen LogP contribution in [-0.2, 0) is 13.0 Å². The average Bonchev–Trinajstić information content (AvgIpc) is 3.07. The van der Waals surface area contributed by atoms with Crippen molar-refractivity contribution in [1.82, 2.24) is 30.3 Å². The summed E-state index contributed by atoms with van der Waals surface area (Å²) in [6.07, 6.45) is 7.98. The van der Waals surface area contributed by atoms with Crippen molar-refractivity contribution in [2.24, 2.45) is 11.8 Å². The Labute approximate surface area is 187 Å². The third-order valence-corrected chi connectivity index (χ3v) is 7.45. The number of rotatable bonds is 5. The molecule has 8 nitrogen and oxygen atoms in total. The molecule has 2 aliphatic carbocycles. The fourth-order valence-corrected chi connectivity index (χ4v) is 5.34. The molecule has 1 saturated carbocycles. The molecule has 0 bridgehead atoms. The predicted octanol–water partition coefficient (Wildman–Crippen LogP) is 2.93. The van der Waals surface area contributed by atoms with Gasteiger partial charge in [0.25, 0.3) is 5.91 Å². The van der Waals surface area contributed by atoms with Crippen LogP contribution in [0.2, 0.25) is 0 Å². The summed E-state index contributed by atoms with van der Waals surface area (Å²) in [5, 5.41) is 14.9. The number of amides is 1. The fraction of sp³-hybridized carbons (Fsp3) is 0.500. The SMILES string of the molecule is Cc1nc(N2CCC3CC3C2)ccc1Cn1cc(C(=O)N[C@@H]2CCc3c2n[nH]c3C)cn1. The molecule has 3 aromatic heterocycles. The molecule has 1 aliphatic heterocycles. The molecule has 6 rings (SSSR count). The highest BCUT2D eigenvalue weighted by Gasteiger charge is 2.41. The van der Waals surface area contributed by atoms with Crippen LogP contribution in [0.5, 0.6) is 0 Å². The normalized spacial score (nSPS) is 23.7. The van der Waals surface area contributed by atoms with Crippen LogP contribution < -0.4 is 10.2 Å². The lowest BCUT2D eigenvalue weighted by Crippen LogP contribution is -2.32. The zero-order chi connectivity index (χ0) is 21.8. The minimum atomic E-state index is -0.108. The monoisotopic (exact) mass is 431 g/mol. The lowest BCUT2D eigenvalue weighted by atomic mass is 10.1. The molecule has 3 aromatic rings. The molecule has 0 aromatic carbocycles. The minimum Gasteiger partial charge on any atom is -0.356 e. The van der Waals surface area contributed by atoms with E-state index < -0.39 is 0 Å². The van der Waals surface area contributed by atoms with Crippen molar-refractivity contribution in [2.45, 2.75) is 52.1 Å². The highest BCUT2D eigenvalue weighted by atomic mass is 16.1. The summed E-state index contributed by atoms with van der Waals surface area (Å²) in [5.41, 5.74) is 6.01. The number of H-pyrrole nitrogens is 1. The van der Waals surface area contributed by atoms with Gasteiger partial charge in [-0.25, -0.2) is 4.98 Å². The number of fused-ring (bicyclic) bond motifs is 2. The van der Waals surface area contributed by atoms with Crippen LogP contribution >= 0.6 is 0 Å². The number of hydrogen-bond acceptors (Lipinski definition) is 5. The highest BCUT2D eigenvalue weighted by molar-refractivity contribution is 5.94. The van der Waals surface area contributed by atoms with Gasteiger partial charge in [-0.05, 0) is 68.6 Å². The molecule has 8 heteroatoms. The van der Waals surface area contributed by atoms with Gasteiger partial charge in [0.1, 0.15) is 5.82 Å². The van der Waals surface area contributed by atoms with E-state index in [1.54, 1.807) is 6.20 Å². The summed E-state index contributed by atoms with van der Waals surface area (Å²) < 4.78 is 1.81. The molecule has 2 unspecified atom stereocenters. The number of aromatic nitrogens is 5. The standard InChI is InChI=1S/C24H29N7O/c1-14-17(3-6-22(26-14)30-8-7-16-9-18(16)11-30)12-31-13-19(10-25-31)24(32)27-21-5-4-20-15(2)28-29-23(20)21/h3,6,10,13,16,18,21H,4-5,7-9,11-12H2,1-2H3,(H,27,32)(H,28,29)/t16?,18?,21-/m1/s1. The molecule has 0 radical (unpaired) electrons. The quantitative estimate of drug-likeness (QED) is 0.648. The maximum Gasteiger partial charge on any atom is 0.255 e. The van der Waals surface area contributed by atoms with E-state index >= 15 is 0 Å². The van der Waals surface area contributed by atoms with E-state index in [2.05, 4.69) is 44.6 Å². The summed E-state index contributed by atoms with van der Waals surface area (Å²) in [6, 6.07) is 4.24. The van der Waals surface area contributed by atoms with Gasteiger partial charge in [0.15, 0.2) is 0 Å². The lowest BCUT2D eigenvalue weighted by Gasteiger charge is -2.28. The summed E-state index contributed by atoms with van der Waals surface area (Å²) in [5.74, 6) is 2.83. The van der Waals surface area contributed by atoms with E-state index in [1.807, 2.05) is 17.8 Å². The predicted molar refractivity (Wildman–Crippen MR) is 121 cm³/mol. The van der Waals surface area contributed by atoms with Crippen molar-refractivity contribution in [3.05, 3.63) is 58.3 Å². The topological polar surface area (TPSA) is 91.7 Å². The van der Waals surface area contributed by atoms with Gasteiger partial charge in [-0.3, -0.25) is 14.6 Å². The van der Waals surface area contributed by atoms with Crippen molar-refractivity contribution in [3.63, 3.8) is 0 Å². The van der Waals surface area contributed by atoms with Gasteiger partial charge in [0.2, 0.25) is 0 Å². The van der Waals surface area contributed by atoms with Gasteiger partial charge in [-0.1, -0.05) is 6.07 Å². The summed E-state index contributed by atoms with van der Waals surface area (Å²) in [6.45, 7) is 6.95. The molecule has 4 heterocycles. The number of nitrogens with one attached hydrogen (secondary N) is 2. The third-order valence-electron chi connectivity index (χ3n) is 7.45. The van der Waals surface area contributed by atoms with E-state index in [-0.39, 0.29) is 11.9 Å². The number of carbonyl (C=O) groups excluding carboxylic acids is 1. The largest absolute Gasteiger partial charge is 0.356 e. The lowest BCUT2D eigenvalue weighted by molar-refractivity contribution is 0.0936. The molecule has 1 saturated heterocycles. The van der Waals surface area contributed by atoms with Crippen molar-refractivity contribution in [2.75, 3.05) is 18.0 Å². The molecule has 2 N–H and O–H groups in total. The molecular formula is C24H29N7O. The molecule has 0 spiro atoms. The molecule has 1 amide bonds. The zero-order valence-electron chi connectivity index (χ0n) is 18.6. The van der Waals surface area contributed by atoms with Gasteiger partial charge in [-0.2, -0.15) is 10.2 Å². The molecule has 32 heavy (non-hydrogen) atoms. The second-order valence-electron chi connectivity index (χ2n) is 9.61. The second kappa shape index (κ2) is 7.46. The molecule has 2 fully saturated rings. The maximum atomic E-state index is 12.8. The first-order valence-corrected chi connectivity index (χ1v) is 11.6. The molecule has 3 atom stereocenters. The number of aryl methyl sites for hydroxylation is 2. The Kier molecular flexibility index (Phi) is 4.55. The first-order valence-electron chi connectivity index (χ1n) is 11.6. The van der Waals surface area contributed by atoms with Crippen LogP contribution in [0.15, 0.2) is 24.5 Å². The van der Waals surface area contributed by atoms with E-state index in [0.29, 0.717) is 12.1 Å². The Hall–Kier alpha value is -3.16. The Morgan fingerprint density at radius 1 is 1.25 bits per heavy atom. The number of piperidine rings is 1. The van der Waals surface area contributed by atoms with Crippen molar-refractivity contribution in [3.8, 4) is 0 Å². The molecular weight excluding hydrogens is 402 g/mol. The third kappa shape index (κ3) is 3.47. The van der Waals surface area contributed by atoms with Crippen molar-refractivity contribution >= 4 is 11.7 Å². The number of pyridine rings is 1. The Morgan fingerprint density at radius 3 is 3.00 bits per heavy atom.